The summed E-state index contributed by atoms with van der Waals surface area (Å²) in [5.74, 6) is -0.102. The number of carbonyl (C=O) groups excluding carboxylic acids is 1. The van der Waals surface area contributed by atoms with E-state index in [0.29, 0.717) is 23.8 Å². The molecule has 1 amide bonds. The van der Waals surface area contributed by atoms with Crippen molar-refractivity contribution in [2.75, 3.05) is 18.9 Å². The van der Waals surface area contributed by atoms with Gasteiger partial charge in [0.15, 0.2) is 0 Å². The van der Waals surface area contributed by atoms with Gasteiger partial charge in [0.05, 0.1) is 5.69 Å². The van der Waals surface area contributed by atoms with Crippen molar-refractivity contribution in [3.8, 4) is 0 Å². The third-order valence-electron chi connectivity index (χ3n) is 3.50. The number of hydrogen-bond acceptors (Lipinski definition) is 5. The predicted molar refractivity (Wildman–Crippen MR) is 80.1 cm³/mol. The molecule has 0 aliphatic carbocycles. The van der Waals surface area contributed by atoms with Crippen molar-refractivity contribution in [2.45, 2.75) is 25.8 Å². The van der Waals surface area contributed by atoms with E-state index in [2.05, 4.69) is 10.3 Å². The molecule has 0 atom stereocenters. The van der Waals surface area contributed by atoms with Crippen molar-refractivity contribution in [2.24, 2.45) is 0 Å². The maximum Gasteiger partial charge on any atom is 0.263 e. The highest BCUT2D eigenvalue weighted by molar-refractivity contribution is 7.21. The Morgan fingerprint density at radius 2 is 2.20 bits per heavy atom. The van der Waals surface area contributed by atoms with Crippen LogP contribution in [-0.4, -0.2) is 30.1 Å². The molecule has 0 bridgehead atoms. The fourth-order valence-electron chi connectivity index (χ4n) is 2.35. The van der Waals surface area contributed by atoms with Crippen LogP contribution < -0.4 is 11.1 Å². The maximum absolute atomic E-state index is 12.3. The largest absolute Gasteiger partial charge is 0.397 e. The van der Waals surface area contributed by atoms with Crippen LogP contribution in [0.3, 0.4) is 0 Å². The Morgan fingerprint density at radius 1 is 1.45 bits per heavy atom. The summed E-state index contributed by atoms with van der Waals surface area (Å²) in [6.45, 7) is 3.33. The number of pyridine rings is 1. The molecule has 0 spiro atoms. The van der Waals surface area contributed by atoms with Gasteiger partial charge in [0.25, 0.3) is 5.91 Å². The minimum Gasteiger partial charge on any atom is -0.397 e. The number of carbonyl (C=O) groups is 1. The van der Waals surface area contributed by atoms with Crippen LogP contribution >= 0.6 is 11.3 Å². The second kappa shape index (κ2) is 5.38. The third kappa shape index (κ3) is 2.48. The molecular weight excluding hydrogens is 274 g/mol. The zero-order valence-corrected chi connectivity index (χ0v) is 12.1. The number of nitrogens with one attached hydrogen (secondary N) is 1. The van der Waals surface area contributed by atoms with E-state index >= 15 is 0 Å². The zero-order chi connectivity index (χ0) is 14.1. The number of aryl methyl sites for hydroxylation is 1. The highest BCUT2D eigenvalue weighted by atomic mass is 32.1. The lowest BCUT2D eigenvalue weighted by Crippen LogP contribution is -2.38. The number of nitrogens with zero attached hydrogens (tertiary/aromatic N) is 1. The Morgan fingerprint density at radius 3 is 2.95 bits per heavy atom. The molecule has 20 heavy (non-hydrogen) atoms. The van der Waals surface area contributed by atoms with Gasteiger partial charge in [0, 0.05) is 30.3 Å². The minimum atomic E-state index is -0.102. The quantitative estimate of drug-likeness (QED) is 0.888. The summed E-state index contributed by atoms with van der Waals surface area (Å²) in [5.41, 5.74) is 7.54. The van der Waals surface area contributed by atoms with E-state index in [9.17, 15) is 4.79 Å². The number of aromatic nitrogens is 1. The molecule has 1 saturated heterocycles. The van der Waals surface area contributed by atoms with E-state index in [-0.39, 0.29) is 11.9 Å². The normalized spacial score (nSPS) is 16.4. The van der Waals surface area contributed by atoms with Crippen LogP contribution in [0.25, 0.3) is 10.2 Å². The molecule has 106 valence electrons. The van der Waals surface area contributed by atoms with Gasteiger partial charge in [-0.25, -0.2) is 4.98 Å². The molecule has 3 heterocycles. The van der Waals surface area contributed by atoms with Gasteiger partial charge >= 0.3 is 0 Å². The minimum absolute atomic E-state index is 0.102. The number of hydrogen-bond donors (Lipinski definition) is 2. The lowest BCUT2D eigenvalue weighted by Gasteiger charge is -2.22. The monoisotopic (exact) mass is 291 g/mol. The summed E-state index contributed by atoms with van der Waals surface area (Å²) < 4.78 is 5.29. The van der Waals surface area contributed by atoms with Gasteiger partial charge in [0.1, 0.15) is 9.71 Å². The lowest BCUT2D eigenvalue weighted by molar-refractivity contribution is 0.0699. The molecule has 1 aliphatic heterocycles. The summed E-state index contributed by atoms with van der Waals surface area (Å²) in [6, 6.07) is 4.01. The first kappa shape index (κ1) is 13.3. The van der Waals surface area contributed by atoms with E-state index in [1.54, 1.807) is 0 Å². The number of ether oxygens (including phenoxy) is 1. The Kier molecular flexibility index (Phi) is 3.58. The van der Waals surface area contributed by atoms with Crippen LogP contribution in [0.2, 0.25) is 0 Å². The third-order valence-corrected chi connectivity index (χ3v) is 4.61. The van der Waals surface area contributed by atoms with Crippen LogP contribution in [0.1, 0.15) is 28.2 Å². The maximum atomic E-state index is 12.3. The standard InChI is InChI=1S/C14H17N3O2S/c1-8-2-3-10-11(15)12(20-14(10)16-8)13(18)17-9-4-6-19-7-5-9/h2-3,9H,4-7,15H2,1H3,(H,17,18). The second-order valence-corrected chi connectivity index (χ2v) is 6.01. The fourth-order valence-corrected chi connectivity index (χ4v) is 3.39. The van der Waals surface area contributed by atoms with Gasteiger partial charge in [0.2, 0.25) is 0 Å². The highest BCUT2D eigenvalue weighted by Crippen LogP contribution is 2.32. The first-order chi connectivity index (χ1) is 9.65. The number of nitrogen functional groups attached to an aromatic ring is 1. The van der Waals surface area contributed by atoms with Crippen LogP contribution in [0, 0.1) is 6.92 Å². The second-order valence-electron chi connectivity index (χ2n) is 5.01. The molecule has 3 N–H and O–H groups in total. The van der Waals surface area contributed by atoms with E-state index < -0.39 is 0 Å². The summed E-state index contributed by atoms with van der Waals surface area (Å²) >= 11 is 1.36. The molecule has 0 aromatic carbocycles. The molecule has 2 aromatic rings. The van der Waals surface area contributed by atoms with E-state index in [4.69, 9.17) is 10.5 Å². The van der Waals surface area contributed by atoms with Gasteiger partial charge < -0.3 is 15.8 Å². The van der Waals surface area contributed by atoms with Crippen LogP contribution in [0.5, 0.6) is 0 Å². The average molecular weight is 291 g/mol. The topological polar surface area (TPSA) is 77.2 Å². The van der Waals surface area contributed by atoms with Crippen LogP contribution in [-0.2, 0) is 4.74 Å². The molecule has 1 fully saturated rings. The summed E-state index contributed by atoms with van der Waals surface area (Å²) in [5, 5.41) is 3.89. The molecular formula is C14H17N3O2S. The van der Waals surface area contributed by atoms with Gasteiger partial charge in [-0.2, -0.15) is 0 Å². The molecule has 3 rings (SSSR count). The van der Waals surface area contributed by atoms with Crippen molar-refractivity contribution in [1.82, 2.24) is 10.3 Å². The van der Waals surface area contributed by atoms with Crippen LogP contribution in [0.15, 0.2) is 12.1 Å². The van der Waals surface area contributed by atoms with Crippen molar-refractivity contribution in [3.63, 3.8) is 0 Å². The average Bonchev–Trinajstić information content (AvgIpc) is 2.76. The number of anilines is 1. The molecule has 5 nitrogen and oxygen atoms in total. The molecule has 1 aliphatic rings. The zero-order valence-electron chi connectivity index (χ0n) is 11.3. The summed E-state index contributed by atoms with van der Waals surface area (Å²) in [4.78, 5) is 18.1. The first-order valence-corrected chi connectivity index (χ1v) is 7.51. The summed E-state index contributed by atoms with van der Waals surface area (Å²) in [6.07, 6.45) is 1.71. The number of nitrogens with two attached hydrogens (primary N) is 1. The molecule has 0 radical (unpaired) electrons. The van der Waals surface area contributed by atoms with E-state index in [0.717, 1.165) is 28.8 Å². The van der Waals surface area contributed by atoms with Crippen molar-refractivity contribution >= 4 is 33.1 Å². The number of rotatable bonds is 2. The smallest absolute Gasteiger partial charge is 0.263 e. The molecule has 0 unspecified atom stereocenters. The van der Waals surface area contributed by atoms with Gasteiger partial charge in [-0.05, 0) is 31.9 Å². The van der Waals surface area contributed by atoms with Gasteiger partial charge in [-0.3, -0.25) is 4.79 Å². The number of thiophene rings is 1. The Balaban J connectivity index is 1.85. The Labute approximate surface area is 121 Å². The van der Waals surface area contributed by atoms with Gasteiger partial charge in [-0.1, -0.05) is 0 Å². The Bertz CT molecular complexity index is 647. The van der Waals surface area contributed by atoms with Crippen LogP contribution in [0.4, 0.5) is 5.69 Å². The fraction of sp³-hybridized carbons (Fsp3) is 0.429. The highest BCUT2D eigenvalue weighted by Gasteiger charge is 2.21. The van der Waals surface area contributed by atoms with E-state index in [1.807, 2.05) is 19.1 Å². The van der Waals surface area contributed by atoms with Gasteiger partial charge in [-0.15, -0.1) is 11.3 Å². The molecule has 2 aromatic heterocycles. The Hall–Kier alpha value is -1.66. The molecule has 0 saturated carbocycles. The first-order valence-electron chi connectivity index (χ1n) is 6.69. The van der Waals surface area contributed by atoms with E-state index in [1.165, 1.54) is 11.3 Å². The van der Waals surface area contributed by atoms with Crippen molar-refractivity contribution < 1.29 is 9.53 Å². The van der Waals surface area contributed by atoms with Crippen molar-refractivity contribution in [1.29, 1.82) is 0 Å². The molecule has 6 heteroatoms. The summed E-state index contributed by atoms with van der Waals surface area (Å²) in [7, 11) is 0. The predicted octanol–water partition coefficient (Wildman–Crippen LogP) is 2.10. The number of fused-ring (bicyclic) bond motifs is 1. The number of amides is 1. The SMILES string of the molecule is Cc1ccc2c(N)c(C(=O)NC3CCOCC3)sc2n1. The lowest BCUT2D eigenvalue weighted by atomic mass is 10.1. The van der Waals surface area contributed by atoms with Crippen molar-refractivity contribution in [3.05, 3.63) is 22.7 Å².